The van der Waals surface area contributed by atoms with Gasteiger partial charge in [0.15, 0.2) is 0 Å². The molecule has 0 amide bonds. The van der Waals surface area contributed by atoms with Gasteiger partial charge in [0.2, 0.25) is 0 Å². The fraction of sp³-hybridized carbons (Fsp3) is 0.188. The van der Waals surface area contributed by atoms with E-state index in [9.17, 15) is 23.7 Å². The molecule has 0 aliphatic heterocycles. The van der Waals surface area contributed by atoms with Crippen molar-refractivity contribution in [3.05, 3.63) is 69.8 Å². The van der Waals surface area contributed by atoms with E-state index in [4.69, 9.17) is 4.74 Å². The van der Waals surface area contributed by atoms with Crippen LogP contribution in [0.25, 0.3) is 0 Å². The third-order valence-corrected chi connectivity index (χ3v) is 3.16. The molecular weight excluding hydrogens is 324 g/mol. The van der Waals surface area contributed by atoms with Crippen LogP contribution in [0.5, 0.6) is 5.75 Å². The summed E-state index contributed by atoms with van der Waals surface area (Å²) in [5, 5.41) is 10.8. The lowest BCUT2D eigenvalue weighted by molar-refractivity contribution is -0.385. The van der Waals surface area contributed by atoms with Gasteiger partial charge in [-0.15, -0.1) is 0 Å². The Balaban J connectivity index is 2.18. The number of nitro groups is 1. The van der Waals surface area contributed by atoms with Gasteiger partial charge in [-0.25, -0.2) is 4.79 Å². The van der Waals surface area contributed by atoms with Crippen molar-refractivity contribution in [2.24, 2.45) is 0 Å². The molecule has 24 heavy (non-hydrogen) atoms. The largest absolute Gasteiger partial charge is 0.454 e. The Morgan fingerprint density at radius 2 is 1.88 bits per heavy atom. The molecule has 0 bridgehead atoms. The minimum atomic E-state index is -3.08. The molecule has 0 unspecified atom stereocenters. The first-order valence-corrected chi connectivity index (χ1v) is 6.87. The van der Waals surface area contributed by atoms with Crippen LogP contribution in [0.15, 0.2) is 48.5 Å². The maximum absolute atomic E-state index is 12.4. The van der Waals surface area contributed by atoms with Crippen LogP contribution in [0.3, 0.4) is 0 Å². The smallest absolute Gasteiger partial charge is 0.387 e. The van der Waals surface area contributed by atoms with Crippen LogP contribution < -0.4 is 4.74 Å². The SMILES string of the molecule is C[C@H](OC(=O)c1ccccc1OC(F)F)c1cccc([N+](=O)[O-])c1. The highest BCUT2D eigenvalue weighted by Crippen LogP contribution is 2.26. The number of benzene rings is 2. The second kappa shape index (κ2) is 7.49. The van der Waals surface area contributed by atoms with Gasteiger partial charge < -0.3 is 9.47 Å². The van der Waals surface area contributed by atoms with Gasteiger partial charge >= 0.3 is 12.6 Å². The molecule has 0 aromatic heterocycles. The first kappa shape index (κ1) is 17.3. The van der Waals surface area contributed by atoms with Gasteiger partial charge in [-0.3, -0.25) is 10.1 Å². The number of halogens is 2. The number of hydrogen-bond acceptors (Lipinski definition) is 5. The van der Waals surface area contributed by atoms with E-state index < -0.39 is 23.6 Å². The van der Waals surface area contributed by atoms with E-state index in [0.717, 1.165) is 0 Å². The van der Waals surface area contributed by atoms with E-state index in [2.05, 4.69) is 4.74 Å². The van der Waals surface area contributed by atoms with Crippen molar-refractivity contribution in [3.63, 3.8) is 0 Å². The number of para-hydroxylation sites is 1. The lowest BCUT2D eigenvalue weighted by Gasteiger charge is -2.15. The first-order valence-electron chi connectivity index (χ1n) is 6.87. The summed E-state index contributed by atoms with van der Waals surface area (Å²) in [7, 11) is 0. The summed E-state index contributed by atoms with van der Waals surface area (Å²) in [6, 6.07) is 11.0. The second-order valence-corrected chi connectivity index (χ2v) is 4.77. The minimum absolute atomic E-state index is 0.142. The number of nitrogens with zero attached hydrogens (tertiary/aromatic N) is 1. The molecule has 0 radical (unpaired) electrons. The van der Waals surface area contributed by atoms with Crippen molar-refractivity contribution < 1.29 is 28.0 Å². The summed E-state index contributed by atoms with van der Waals surface area (Å²) in [6.45, 7) is -1.55. The molecule has 0 spiro atoms. The normalized spacial score (nSPS) is 11.8. The maximum Gasteiger partial charge on any atom is 0.387 e. The lowest BCUT2D eigenvalue weighted by atomic mass is 10.1. The Kier molecular flexibility index (Phi) is 5.41. The van der Waals surface area contributed by atoms with E-state index in [1.807, 2.05) is 0 Å². The van der Waals surface area contributed by atoms with Crippen LogP contribution in [0.2, 0.25) is 0 Å². The van der Waals surface area contributed by atoms with Crippen molar-refractivity contribution in [3.8, 4) is 5.75 Å². The summed E-state index contributed by atoms with van der Waals surface area (Å²) < 4.78 is 34.2. The number of carbonyl (C=O) groups is 1. The Hall–Kier alpha value is -3.03. The Bertz CT molecular complexity index is 751. The summed E-state index contributed by atoms with van der Waals surface area (Å²) in [6.07, 6.45) is -0.808. The molecule has 2 aromatic rings. The Morgan fingerprint density at radius 1 is 1.17 bits per heavy atom. The number of alkyl halides is 2. The van der Waals surface area contributed by atoms with Crippen LogP contribution in [-0.2, 0) is 4.74 Å². The standard InChI is InChI=1S/C16H13F2NO5/c1-10(11-5-4-6-12(9-11)19(21)22)23-15(20)13-7-2-3-8-14(13)24-16(17)18/h2-10,16H,1H3/t10-/m0/s1. The van der Waals surface area contributed by atoms with E-state index in [1.54, 1.807) is 6.07 Å². The topological polar surface area (TPSA) is 78.7 Å². The van der Waals surface area contributed by atoms with Gasteiger partial charge in [0.05, 0.1) is 4.92 Å². The quantitative estimate of drug-likeness (QED) is 0.450. The van der Waals surface area contributed by atoms with Crippen molar-refractivity contribution in [2.75, 3.05) is 0 Å². The molecule has 0 heterocycles. The fourth-order valence-electron chi connectivity index (χ4n) is 2.02. The van der Waals surface area contributed by atoms with Crippen molar-refractivity contribution in [1.82, 2.24) is 0 Å². The zero-order chi connectivity index (χ0) is 17.7. The molecule has 0 saturated heterocycles. The van der Waals surface area contributed by atoms with Crippen LogP contribution in [0.4, 0.5) is 14.5 Å². The van der Waals surface area contributed by atoms with Gasteiger partial charge in [-0.1, -0.05) is 24.3 Å². The Morgan fingerprint density at radius 3 is 2.54 bits per heavy atom. The predicted molar refractivity (Wildman–Crippen MR) is 80.0 cm³/mol. The van der Waals surface area contributed by atoms with E-state index >= 15 is 0 Å². The molecule has 8 heteroatoms. The van der Waals surface area contributed by atoms with Gasteiger partial charge in [0, 0.05) is 12.1 Å². The second-order valence-electron chi connectivity index (χ2n) is 4.77. The minimum Gasteiger partial charge on any atom is -0.454 e. The van der Waals surface area contributed by atoms with E-state index in [0.29, 0.717) is 5.56 Å². The molecule has 0 N–H and O–H groups in total. The molecule has 6 nitrogen and oxygen atoms in total. The number of hydrogen-bond donors (Lipinski definition) is 0. The van der Waals surface area contributed by atoms with Gasteiger partial charge in [0.25, 0.3) is 5.69 Å². The average molecular weight is 337 g/mol. The van der Waals surface area contributed by atoms with Crippen molar-refractivity contribution in [1.29, 1.82) is 0 Å². The fourth-order valence-corrected chi connectivity index (χ4v) is 2.02. The zero-order valence-electron chi connectivity index (χ0n) is 12.5. The highest BCUT2D eigenvalue weighted by molar-refractivity contribution is 5.92. The zero-order valence-corrected chi connectivity index (χ0v) is 12.5. The summed E-state index contributed by atoms with van der Waals surface area (Å²) in [4.78, 5) is 22.4. The molecule has 1 atom stereocenters. The number of nitro benzene ring substituents is 1. The van der Waals surface area contributed by atoms with Crippen LogP contribution in [0.1, 0.15) is 28.9 Å². The van der Waals surface area contributed by atoms with Crippen LogP contribution >= 0.6 is 0 Å². The predicted octanol–water partition coefficient (Wildman–Crippen LogP) is 4.11. The third-order valence-electron chi connectivity index (χ3n) is 3.16. The molecule has 2 aromatic carbocycles. The highest BCUT2D eigenvalue weighted by Gasteiger charge is 2.20. The molecule has 0 aliphatic rings. The van der Waals surface area contributed by atoms with Crippen LogP contribution in [0, 0.1) is 10.1 Å². The lowest BCUT2D eigenvalue weighted by Crippen LogP contribution is -2.12. The molecular formula is C16H13F2NO5. The van der Waals surface area contributed by atoms with E-state index in [1.165, 1.54) is 49.4 Å². The monoisotopic (exact) mass is 337 g/mol. The summed E-state index contributed by atoms with van der Waals surface area (Å²) >= 11 is 0. The molecule has 0 fully saturated rings. The number of non-ortho nitro benzene ring substituents is 1. The summed E-state index contributed by atoms with van der Waals surface area (Å²) in [5.74, 6) is -1.17. The highest BCUT2D eigenvalue weighted by atomic mass is 19.3. The summed E-state index contributed by atoms with van der Waals surface area (Å²) in [5.41, 5.74) is 0.108. The Labute approximate surface area is 135 Å². The van der Waals surface area contributed by atoms with Crippen LogP contribution in [-0.4, -0.2) is 17.5 Å². The van der Waals surface area contributed by atoms with Gasteiger partial charge in [-0.2, -0.15) is 8.78 Å². The van der Waals surface area contributed by atoms with Crippen molar-refractivity contribution in [2.45, 2.75) is 19.6 Å². The van der Waals surface area contributed by atoms with Gasteiger partial charge in [-0.05, 0) is 24.6 Å². The first-order chi connectivity index (χ1) is 11.4. The molecule has 2 rings (SSSR count). The average Bonchev–Trinajstić information content (AvgIpc) is 2.54. The number of esters is 1. The molecule has 0 saturated carbocycles. The third kappa shape index (κ3) is 4.25. The molecule has 126 valence electrons. The number of ether oxygens (including phenoxy) is 2. The van der Waals surface area contributed by atoms with Gasteiger partial charge in [0.1, 0.15) is 17.4 Å². The number of carbonyl (C=O) groups excluding carboxylic acids is 1. The molecule has 0 aliphatic carbocycles. The van der Waals surface area contributed by atoms with Crippen molar-refractivity contribution >= 4 is 11.7 Å². The van der Waals surface area contributed by atoms with E-state index in [-0.39, 0.29) is 17.0 Å². The number of rotatable bonds is 6. The maximum atomic E-state index is 12.4.